The van der Waals surface area contributed by atoms with Gasteiger partial charge in [0.25, 0.3) is 5.91 Å². The van der Waals surface area contributed by atoms with Crippen LogP contribution in [0.3, 0.4) is 0 Å². The summed E-state index contributed by atoms with van der Waals surface area (Å²) in [5.41, 5.74) is 3.12. The van der Waals surface area contributed by atoms with Gasteiger partial charge in [0.1, 0.15) is 5.15 Å². The van der Waals surface area contributed by atoms with Crippen molar-refractivity contribution in [3.63, 3.8) is 0 Å². The van der Waals surface area contributed by atoms with E-state index >= 15 is 0 Å². The second kappa shape index (κ2) is 8.35. The Morgan fingerprint density at radius 1 is 1.27 bits per heavy atom. The summed E-state index contributed by atoms with van der Waals surface area (Å²) in [5, 5.41) is 19.3. The Morgan fingerprint density at radius 3 is 2.90 bits per heavy atom. The van der Waals surface area contributed by atoms with E-state index in [4.69, 9.17) is 16.3 Å². The van der Waals surface area contributed by atoms with E-state index in [1.807, 2.05) is 12.2 Å². The Morgan fingerprint density at radius 2 is 2.13 bits per heavy atom. The molecule has 150 valence electrons. The molecule has 8 nitrogen and oxygen atoms in total. The highest BCUT2D eigenvalue weighted by molar-refractivity contribution is 6.29. The summed E-state index contributed by atoms with van der Waals surface area (Å²) in [6.07, 6.45) is 5.72. The minimum Gasteiger partial charge on any atom is -0.479 e. The molecule has 0 fully saturated rings. The first kappa shape index (κ1) is 19.6. The van der Waals surface area contributed by atoms with Gasteiger partial charge in [-0.15, -0.1) is 20.4 Å². The van der Waals surface area contributed by atoms with Gasteiger partial charge in [-0.25, -0.2) is 0 Å². The van der Waals surface area contributed by atoms with Crippen LogP contribution in [0, 0.1) is 11.8 Å². The van der Waals surface area contributed by atoms with Gasteiger partial charge < -0.3 is 10.1 Å². The first-order valence-corrected chi connectivity index (χ1v) is 9.61. The highest BCUT2D eigenvalue weighted by Gasteiger charge is 2.15. The molecule has 0 aromatic carbocycles. The first-order chi connectivity index (χ1) is 14.6. The second-order valence-corrected chi connectivity index (χ2v) is 6.83. The number of allylic oxidation sites excluding steroid dienone is 3. The number of fused-ring (bicyclic) bond motifs is 1. The van der Waals surface area contributed by atoms with Gasteiger partial charge >= 0.3 is 0 Å². The summed E-state index contributed by atoms with van der Waals surface area (Å²) < 4.78 is 6.84. The van der Waals surface area contributed by atoms with Crippen molar-refractivity contribution in [3.8, 4) is 17.7 Å². The molecule has 0 atom stereocenters. The third-order valence-electron chi connectivity index (χ3n) is 4.53. The summed E-state index contributed by atoms with van der Waals surface area (Å²) in [6, 6.07) is 6.80. The van der Waals surface area contributed by atoms with Gasteiger partial charge in [0.05, 0.1) is 12.7 Å². The largest absolute Gasteiger partial charge is 0.479 e. The molecule has 0 radical (unpaired) electrons. The van der Waals surface area contributed by atoms with Gasteiger partial charge in [-0.2, -0.15) is 0 Å². The topological polar surface area (TPSA) is 94.3 Å². The number of pyridine rings is 1. The summed E-state index contributed by atoms with van der Waals surface area (Å²) >= 11 is 6.22. The maximum absolute atomic E-state index is 12.6. The third-order valence-corrected chi connectivity index (χ3v) is 4.83. The molecule has 3 aromatic rings. The van der Waals surface area contributed by atoms with Crippen LogP contribution in [0.5, 0.6) is 5.88 Å². The van der Waals surface area contributed by atoms with E-state index in [1.54, 1.807) is 22.6 Å². The SMILES string of the molecule is CCC1=CC(NC(=O)c2cc(C#Cc3nnc4cccc(Cl)n34)c(OC)nn2)=CC1. The fraction of sp³-hybridized carbons (Fsp3) is 0.190. The number of hydrogen-bond acceptors (Lipinski definition) is 6. The lowest BCUT2D eigenvalue weighted by atomic mass is 10.2. The predicted octanol–water partition coefficient (Wildman–Crippen LogP) is 2.93. The van der Waals surface area contributed by atoms with Crippen molar-refractivity contribution in [2.45, 2.75) is 19.8 Å². The fourth-order valence-corrected chi connectivity index (χ4v) is 3.19. The van der Waals surface area contributed by atoms with Gasteiger partial charge in [-0.3, -0.25) is 9.20 Å². The lowest BCUT2D eigenvalue weighted by Crippen LogP contribution is -2.23. The Kier molecular flexibility index (Phi) is 5.46. The molecule has 4 rings (SSSR count). The number of nitrogens with one attached hydrogen (secondary N) is 1. The quantitative estimate of drug-likeness (QED) is 0.515. The van der Waals surface area contributed by atoms with Crippen molar-refractivity contribution in [1.82, 2.24) is 30.1 Å². The van der Waals surface area contributed by atoms with Crippen LogP contribution in [-0.4, -0.2) is 37.8 Å². The van der Waals surface area contributed by atoms with Crippen LogP contribution < -0.4 is 10.1 Å². The monoisotopic (exact) mass is 420 g/mol. The number of ether oxygens (including phenoxy) is 1. The van der Waals surface area contributed by atoms with Gasteiger partial charge in [-0.05, 0) is 43.0 Å². The number of halogens is 1. The molecule has 9 heteroatoms. The molecule has 3 heterocycles. The zero-order chi connectivity index (χ0) is 21.1. The molecule has 1 aliphatic carbocycles. The summed E-state index contributed by atoms with van der Waals surface area (Å²) in [4.78, 5) is 12.6. The zero-order valence-corrected chi connectivity index (χ0v) is 17.1. The predicted molar refractivity (Wildman–Crippen MR) is 111 cm³/mol. The lowest BCUT2D eigenvalue weighted by molar-refractivity contribution is 0.0961. The normalized spacial score (nSPS) is 12.8. The molecule has 1 amide bonds. The van der Waals surface area contributed by atoms with Crippen LogP contribution >= 0.6 is 11.6 Å². The van der Waals surface area contributed by atoms with Crippen LogP contribution in [0.15, 0.2) is 47.7 Å². The van der Waals surface area contributed by atoms with E-state index in [0.717, 1.165) is 18.5 Å². The lowest BCUT2D eigenvalue weighted by Gasteiger charge is -2.05. The number of rotatable bonds is 4. The number of nitrogens with zero attached hydrogens (tertiary/aromatic N) is 5. The molecule has 3 aromatic heterocycles. The minimum atomic E-state index is -0.371. The maximum atomic E-state index is 12.6. The molecule has 0 saturated heterocycles. The molecule has 0 saturated carbocycles. The van der Waals surface area contributed by atoms with Gasteiger partial charge in [0, 0.05) is 5.70 Å². The van der Waals surface area contributed by atoms with Crippen molar-refractivity contribution in [2.24, 2.45) is 0 Å². The van der Waals surface area contributed by atoms with Crippen LogP contribution in [0.25, 0.3) is 5.65 Å². The van der Waals surface area contributed by atoms with Gasteiger partial charge in [-0.1, -0.05) is 42.2 Å². The molecule has 0 aliphatic heterocycles. The maximum Gasteiger partial charge on any atom is 0.276 e. The summed E-state index contributed by atoms with van der Waals surface area (Å²) in [5.74, 6) is 6.02. The van der Waals surface area contributed by atoms with E-state index in [2.05, 4.69) is 44.5 Å². The Labute approximate surface area is 177 Å². The summed E-state index contributed by atoms with van der Waals surface area (Å²) in [6.45, 7) is 2.08. The molecular weight excluding hydrogens is 404 g/mol. The number of carbonyl (C=O) groups is 1. The second-order valence-electron chi connectivity index (χ2n) is 6.44. The average molecular weight is 421 g/mol. The van der Waals surface area contributed by atoms with Crippen molar-refractivity contribution in [2.75, 3.05) is 7.11 Å². The number of methoxy groups -OCH3 is 1. The Balaban J connectivity index is 1.63. The van der Waals surface area contributed by atoms with E-state index < -0.39 is 0 Å². The van der Waals surface area contributed by atoms with Crippen molar-refractivity contribution < 1.29 is 9.53 Å². The van der Waals surface area contributed by atoms with Gasteiger partial charge in [0.15, 0.2) is 11.3 Å². The molecule has 0 unspecified atom stereocenters. The van der Waals surface area contributed by atoms with Crippen LogP contribution in [0.1, 0.15) is 41.6 Å². The molecule has 0 bridgehead atoms. The molecule has 0 spiro atoms. The van der Waals surface area contributed by atoms with Gasteiger partial charge in [0.2, 0.25) is 11.7 Å². The van der Waals surface area contributed by atoms with Crippen LogP contribution in [0.4, 0.5) is 0 Å². The van der Waals surface area contributed by atoms with Crippen LogP contribution in [-0.2, 0) is 0 Å². The summed E-state index contributed by atoms with van der Waals surface area (Å²) in [7, 11) is 1.46. The standard InChI is InChI=1S/C21H17ClN6O2/c1-3-13-7-9-15(11-13)23-20(29)16-12-14(21(30-2)27-24-16)8-10-19-26-25-18-6-4-5-17(22)28(18)19/h4-6,9,11-12H,3,7H2,1-2H3,(H,23,29). The average Bonchev–Trinajstić information content (AvgIpc) is 3.39. The van der Waals surface area contributed by atoms with Crippen molar-refractivity contribution in [1.29, 1.82) is 0 Å². The van der Waals surface area contributed by atoms with E-state index in [1.165, 1.54) is 18.7 Å². The van der Waals surface area contributed by atoms with Crippen LogP contribution in [0.2, 0.25) is 5.15 Å². The number of hydrogen-bond donors (Lipinski definition) is 1. The third kappa shape index (κ3) is 3.88. The number of amides is 1. The zero-order valence-electron chi connectivity index (χ0n) is 16.3. The number of aromatic nitrogens is 5. The van der Waals surface area contributed by atoms with E-state index in [0.29, 0.717) is 22.2 Å². The van der Waals surface area contributed by atoms with Crippen molar-refractivity contribution in [3.05, 3.63) is 69.9 Å². The fourth-order valence-electron chi connectivity index (χ4n) is 2.95. The van der Waals surface area contributed by atoms with E-state index in [9.17, 15) is 4.79 Å². The molecule has 30 heavy (non-hydrogen) atoms. The highest BCUT2D eigenvalue weighted by Crippen LogP contribution is 2.19. The van der Waals surface area contributed by atoms with Crippen molar-refractivity contribution >= 4 is 23.2 Å². The Bertz CT molecular complexity index is 1270. The highest BCUT2D eigenvalue weighted by atomic mass is 35.5. The molecule has 1 N–H and O–H groups in total. The first-order valence-electron chi connectivity index (χ1n) is 9.23. The minimum absolute atomic E-state index is 0.128. The molecular formula is C21H17ClN6O2. The number of carbonyl (C=O) groups excluding carboxylic acids is 1. The smallest absolute Gasteiger partial charge is 0.276 e. The Hall–Kier alpha value is -3.70. The molecule has 1 aliphatic rings. The van der Waals surface area contributed by atoms with E-state index in [-0.39, 0.29) is 17.5 Å².